The molecule has 1 amide bonds. The number of nitriles is 1. The lowest BCUT2D eigenvalue weighted by atomic mass is 9.95. The Kier molecular flexibility index (Phi) is 5.09. The van der Waals surface area contributed by atoms with Crippen LogP contribution in [0.25, 0.3) is 11.1 Å². The number of carbonyl (C=O) groups excluding carboxylic acids is 2. The van der Waals surface area contributed by atoms with Gasteiger partial charge in [-0.2, -0.15) is 5.26 Å². The van der Waals surface area contributed by atoms with E-state index < -0.39 is 23.4 Å². The number of hydrogen-bond donors (Lipinski definition) is 1. The van der Waals surface area contributed by atoms with E-state index in [0.29, 0.717) is 10.6 Å². The molecule has 0 spiro atoms. The SMILES string of the molecule is CNC(=O)C(C#N)C(=O)c1ccc(-c2ccc(Cl)cc2)cc1F. The van der Waals surface area contributed by atoms with Crippen molar-refractivity contribution in [3.63, 3.8) is 0 Å². The van der Waals surface area contributed by atoms with Crippen molar-refractivity contribution in [3.8, 4) is 17.2 Å². The lowest BCUT2D eigenvalue weighted by Gasteiger charge is -2.09. The van der Waals surface area contributed by atoms with Gasteiger partial charge in [-0.25, -0.2) is 4.39 Å². The Morgan fingerprint density at radius 2 is 1.78 bits per heavy atom. The number of amides is 1. The molecule has 1 unspecified atom stereocenters. The van der Waals surface area contributed by atoms with E-state index in [9.17, 15) is 14.0 Å². The summed E-state index contributed by atoms with van der Waals surface area (Å²) in [5.74, 6) is -3.99. The first-order chi connectivity index (χ1) is 11.0. The highest BCUT2D eigenvalue weighted by Gasteiger charge is 2.28. The summed E-state index contributed by atoms with van der Waals surface area (Å²) in [5.41, 5.74) is 0.998. The van der Waals surface area contributed by atoms with E-state index >= 15 is 0 Å². The normalized spacial score (nSPS) is 11.4. The highest BCUT2D eigenvalue weighted by Crippen LogP contribution is 2.24. The molecule has 23 heavy (non-hydrogen) atoms. The second-order valence-corrected chi connectivity index (χ2v) is 5.18. The maximum Gasteiger partial charge on any atom is 0.245 e. The topological polar surface area (TPSA) is 70.0 Å². The van der Waals surface area contributed by atoms with Gasteiger partial charge >= 0.3 is 0 Å². The molecule has 1 atom stereocenters. The highest BCUT2D eigenvalue weighted by atomic mass is 35.5. The summed E-state index contributed by atoms with van der Waals surface area (Å²) in [6.07, 6.45) is 0. The van der Waals surface area contributed by atoms with Gasteiger partial charge in [0.15, 0.2) is 11.7 Å². The van der Waals surface area contributed by atoms with Crippen LogP contribution in [0, 0.1) is 23.1 Å². The minimum atomic E-state index is -1.57. The van der Waals surface area contributed by atoms with Gasteiger partial charge in [0.2, 0.25) is 5.91 Å². The van der Waals surface area contributed by atoms with Gasteiger partial charge in [-0.15, -0.1) is 0 Å². The minimum absolute atomic E-state index is 0.294. The van der Waals surface area contributed by atoms with Crippen LogP contribution in [0.15, 0.2) is 42.5 Å². The van der Waals surface area contributed by atoms with Crippen molar-refractivity contribution < 1.29 is 14.0 Å². The monoisotopic (exact) mass is 330 g/mol. The summed E-state index contributed by atoms with van der Waals surface area (Å²) in [5, 5.41) is 11.7. The molecule has 0 heterocycles. The fraction of sp³-hybridized carbons (Fsp3) is 0.118. The number of Topliss-reactive ketones (excluding diaryl/α,β-unsaturated/α-hetero) is 1. The zero-order chi connectivity index (χ0) is 17.0. The smallest absolute Gasteiger partial charge is 0.245 e. The summed E-state index contributed by atoms with van der Waals surface area (Å²) in [4.78, 5) is 23.6. The first-order valence-electron chi connectivity index (χ1n) is 6.69. The van der Waals surface area contributed by atoms with E-state index in [0.717, 1.165) is 5.56 Å². The van der Waals surface area contributed by atoms with E-state index in [1.807, 2.05) is 0 Å². The Morgan fingerprint density at radius 1 is 1.17 bits per heavy atom. The van der Waals surface area contributed by atoms with E-state index in [4.69, 9.17) is 16.9 Å². The molecule has 0 aromatic heterocycles. The quantitative estimate of drug-likeness (QED) is 0.691. The number of hydrogen-bond acceptors (Lipinski definition) is 3. The van der Waals surface area contributed by atoms with Crippen LogP contribution >= 0.6 is 11.6 Å². The summed E-state index contributed by atoms with van der Waals surface area (Å²) >= 11 is 5.80. The van der Waals surface area contributed by atoms with E-state index in [-0.39, 0.29) is 5.56 Å². The minimum Gasteiger partial charge on any atom is -0.358 e. The molecule has 0 aliphatic heterocycles. The van der Waals surface area contributed by atoms with Crippen molar-refractivity contribution in [1.82, 2.24) is 5.32 Å². The number of carbonyl (C=O) groups is 2. The van der Waals surface area contributed by atoms with Crippen molar-refractivity contribution in [2.45, 2.75) is 0 Å². The van der Waals surface area contributed by atoms with E-state index in [1.165, 1.54) is 19.2 Å². The van der Waals surface area contributed by atoms with Crippen molar-refractivity contribution in [1.29, 1.82) is 5.26 Å². The molecule has 0 saturated heterocycles. The third-order valence-corrected chi connectivity index (χ3v) is 3.56. The molecule has 0 bridgehead atoms. The van der Waals surface area contributed by atoms with Crippen LogP contribution < -0.4 is 5.32 Å². The molecule has 2 rings (SSSR count). The number of halogens is 2. The summed E-state index contributed by atoms with van der Waals surface area (Å²) < 4.78 is 14.2. The Hall–Kier alpha value is -2.71. The van der Waals surface area contributed by atoms with Gasteiger partial charge in [-0.1, -0.05) is 29.8 Å². The highest BCUT2D eigenvalue weighted by molar-refractivity contribution is 6.30. The van der Waals surface area contributed by atoms with Crippen LogP contribution in [-0.4, -0.2) is 18.7 Å². The summed E-state index contributed by atoms with van der Waals surface area (Å²) in [6, 6.07) is 12.4. The number of benzene rings is 2. The average molecular weight is 331 g/mol. The number of nitrogens with zero attached hydrogens (tertiary/aromatic N) is 1. The van der Waals surface area contributed by atoms with Crippen molar-refractivity contribution in [2.24, 2.45) is 5.92 Å². The Morgan fingerprint density at radius 3 is 2.30 bits per heavy atom. The average Bonchev–Trinajstić information content (AvgIpc) is 2.55. The molecule has 2 aromatic rings. The van der Waals surface area contributed by atoms with E-state index in [1.54, 1.807) is 36.4 Å². The van der Waals surface area contributed by atoms with Crippen LogP contribution in [-0.2, 0) is 4.79 Å². The predicted molar refractivity (Wildman–Crippen MR) is 84.3 cm³/mol. The third kappa shape index (κ3) is 3.55. The predicted octanol–water partition coefficient (Wildman–Crippen LogP) is 3.21. The van der Waals surface area contributed by atoms with Crippen LogP contribution in [0.4, 0.5) is 4.39 Å². The molecule has 0 fully saturated rings. The second-order valence-electron chi connectivity index (χ2n) is 4.74. The van der Waals surface area contributed by atoms with Crippen LogP contribution in [0.3, 0.4) is 0 Å². The molecular weight excluding hydrogens is 319 g/mol. The Bertz CT molecular complexity index is 797. The lowest BCUT2D eigenvalue weighted by Crippen LogP contribution is -2.32. The van der Waals surface area contributed by atoms with Crippen molar-refractivity contribution in [2.75, 3.05) is 7.05 Å². The zero-order valence-corrected chi connectivity index (χ0v) is 12.9. The Labute approximate surface area is 137 Å². The van der Waals surface area contributed by atoms with E-state index in [2.05, 4.69) is 5.32 Å². The molecule has 1 N–H and O–H groups in total. The van der Waals surface area contributed by atoms with Crippen molar-refractivity contribution in [3.05, 3.63) is 58.9 Å². The summed E-state index contributed by atoms with van der Waals surface area (Å²) in [7, 11) is 1.31. The fourth-order valence-corrected chi connectivity index (χ4v) is 2.20. The van der Waals surface area contributed by atoms with Crippen LogP contribution in [0.1, 0.15) is 10.4 Å². The first-order valence-corrected chi connectivity index (χ1v) is 7.06. The molecule has 0 saturated carbocycles. The zero-order valence-electron chi connectivity index (χ0n) is 12.1. The molecule has 0 aliphatic rings. The summed E-state index contributed by atoms with van der Waals surface area (Å²) in [6.45, 7) is 0. The van der Waals surface area contributed by atoms with Gasteiger partial charge in [-0.05, 0) is 35.4 Å². The molecule has 116 valence electrons. The van der Waals surface area contributed by atoms with Gasteiger partial charge in [0.1, 0.15) is 5.82 Å². The molecular formula is C17H12ClFN2O2. The first kappa shape index (κ1) is 16.7. The van der Waals surface area contributed by atoms with Gasteiger partial charge in [0, 0.05) is 12.1 Å². The van der Waals surface area contributed by atoms with Crippen molar-refractivity contribution >= 4 is 23.3 Å². The van der Waals surface area contributed by atoms with Gasteiger partial charge < -0.3 is 5.32 Å². The number of rotatable bonds is 4. The Balaban J connectivity index is 2.36. The van der Waals surface area contributed by atoms with Gasteiger partial charge in [0.05, 0.1) is 11.6 Å². The maximum atomic E-state index is 14.2. The maximum absolute atomic E-state index is 14.2. The molecule has 6 heteroatoms. The van der Waals surface area contributed by atoms with Crippen LogP contribution in [0.2, 0.25) is 5.02 Å². The molecule has 4 nitrogen and oxygen atoms in total. The third-order valence-electron chi connectivity index (χ3n) is 3.31. The molecule has 0 aliphatic carbocycles. The number of nitrogens with one attached hydrogen (secondary N) is 1. The molecule has 2 aromatic carbocycles. The molecule has 0 radical (unpaired) electrons. The standard InChI is InChI=1S/C17H12ClFN2O2/c1-21-17(23)14(9-20)16(22)13-7-4-11(8-15(13)19)10-2-5-12(18)6-3-10/h2-8,14H,1H3,(H,21,23). The largest absolute Gasteiger partial charge is 0.358 e. The lowest BCUT2D eigenvalue weighted by molar-refractivity contribution is -0.121. The fourth-order valence-electron chi connectivity index (χ4n) is 2.07. The van der Waals surface area contributed by atoms with Crippen LogP contribution in [0.5, 0.6) is 0 Å². The second kappa shape index (κ2) is 7.03. The number of ketones is 1. The van der Waals surface area contributed by atoms with Gasteiger partial charge in [0.25, 0.3) is 0 Å². The van der Waals surface area contributed by atoms with Gasteiger partial charge in [-0.3, -0.25) is 9.59 Å².